The maximum Gasteiger partial charge on any atom is 0.236 e. The van der Waals surface area contributed by atoms with Crippen molar-refractivity contribution < 1.29 is 4.79 Å². The summed E-state index contributed by atoms with van der Waals surface area (Å²) in [5, 5.41) is 3.28. The predicted molar refractivity (Wildman–Crippen MR) is 76.4 cm³/mol. The van der Waals surface area contributed by atoms with Gasteiger partial charge in [0.1, 0.15) is 0 Å². The minimum atomic E-state index is 0.180. The molecule has 3 nitrogen and oxygen atoms in total. The van der Waals surface area contributed by atoms with Gasteiger partial charge in [0.05, 0.1) is 6.54 Å². The van der Waals surface area contributed by atoms with Crippen LogP contribution in [0.3, 0.4) is 0 Å². The van der Waals surface area contributed by atoms with Gasteiger partial charge in [-0.05, 0) is 37.5 Å². The first-order chi connectivity index (χ1) is 8.58. The van der Waals surface area contributed by atoms with Gasteiger partial charge in [-0.15, -0.1) is 0 Å². The molecule has 0 aliphatic heterocycles. The van der Waals surface area contributed by atoms with Crippen molar-refractivity contribution in [1.82, 2.24) is 10.2 Å². The zero-order valence-corrected chi connectivity index (χ0v) is 12.4. The molecular formula is C14H19BrN2O. The summed E-state index contributed by atoms with van der Waals surface area (Å²) in [4.78, 5) is 13.7. The van der Waals surface area contributed by atoms with Gasteiger partial charge in [0, 0.05) is 23.6 Å². The molecule has 18 heavy (non-hydrogen) atoms. The van der Waals surface area contributed by atoms with E-state index in [9.17, 15) is 4.79 Å². The Morgan fingerprint density at radius 3 is 2.89 bits per heavy atom. The van der Waals surface area contributed by atoms with Crippen LogP contribution in [0.1, 0.15) is 31.4 Å². The molecule has 1 aromatic rings. The van der Waals surface area contributed by atoms with Crippen molar-refractivity contribution in [2.45, 2.75) is 31.8 Å². The van der Waals surface area contributed by atoms with E-state index in [4.69, 9.17) is 0 Å². The van der Waals surface area contributed by atoms with Gasteiger partial charge in [0.25, 0.3) is 0 Å². The van der Waals surface area contributed by atoms with E-state index in [0.717, 1.165) is 17.3 Å². The van der Waals surface area contributed by atoms with Gasteiger partial charge in [0.2, 0.25) is 5.91 Å². The van der Waals surface area contributed by atoms with E-state index in [0.29, 0.717) is 12.6 Å². The second-order valence-electron chi connectivity index (χ2n) is 4.89. The number of carbonyl (C=O) groups excluding carboxylic acids is 1. The lowest BCUT2D eigenvalue weighted by molar-refractivity contribution is -0.129. The molecule has 1 aliphatic rings. The van der Waals surface area contributed by atoms with E-state index in [-0.39, 0.29) is 11.9 Å². The topological polar surface area (TPSA) is 32.3 Å². The molecule has 0 radical (unpaired) electrons. The highest BCUT2D eigenvalue weighted by Gasteiger charge is 2.29. The molecule has 1 saturated carbocycles. The first-order valence-electron chi connectivity index (χ1n) is 6.32. The third-order valence-electron chi connectivity index (χ3n) is 3.40. The number of rotatable bonds is 5. The summed E-state index contributed by atoms with van der Waals surface area (Å²) in [5.74, 6) is 0.180. The molecule has 98 valence electrons. The van der Waals surface area contributed by atoms with Crippen molar-refractivity contribution in [2.24, 2.45) is 0 Å². The average molecular weight is 311 g/mol. The van der Waals surface area contributed by atoms with E-state index >= 15 is 0 Å². The molecule has 1 N–H and O–H groups in total. The molecule has 0 saturated heterocycles. The Morgan fingerprint density at radius 2 is 2.28 bits per heavy atom. The fraction of sp³-hybridized carbons (Fsp3) is 0.500. The molecule has 0 spiro atoms. The van der Waals surface area contributed by atoms with Crippen molar-refractivity contribution in [3.63, 3.8) is 0 Å². The summed E-state index contributed by atoms with van der Waals surface area (Å²) in [6, 6.07) is 8.82. The highest BCUT2D eigenvalue weighted by atomic mass is 79.9. The number of nitrogens with zero attached hydrogens (tertiary/aromatic N) is 1. The summed E-state index contributed by atoms with van der Waals surface area (Å²) < 4.78 is 1.06. The van der Waals surface area contributed by atoms with Crippen LogP contribution in [0.15, 0.2) is 28.7 Å². The Kier molecular flexibility index (Phi) is 4.40. The zero-order chi connectivity index (χ0) is 13.1. The average Bonchev–Trinajstić information content (AvgIpc) is 3.18. The number of amides is 1. The maximum absolute atomic E-state index is 11.9. The molecule has 1 amide bonds. The van der Waals surface area contributed by atoms with Gasteiger partial charge in [0.15, 0.2) is 0 Å². The minimum Gasteiger partial charge on any atom is -0.342 e. The molecule has 1 atom stereocenters. The number of carbonyl (C=O) groups is 1. The first-order valence-corrected chi connectivity index (χ1v) is 7.11. The summed E-state index contributed by atoms with van der Waals surface area (Å²) in [6.07, 6.45) is 2.31. The summed E-state index contributed by atoms with van der Waals surface area (Å²) in [6.45, 7) is 2.48. The van der Waals surface area contributed by atoms with E-state index in [1.165, 1.54) is 5.56 Å². The van der Waals surface area contributed by atoms with Crippen molar-refractivity contribution in [3.05, 3.63) is 34.3 Å². The van der Waals surface area contributed by atoms with Gasteiger partial charge in [-0.25, -0.2) is 0 Å². The molecular weight excluding hydrogens is 292 g/mol. The molecule has 1 aromatic carbocycles. The molecule has 0 unspecified atom stereocenters. The summed E-state index contributed by atoms with van der Waals surface area (Å²) >= 11 is 3.46. The molecule has 0 bridgehead atoms. The standard InChI is InChI=1S/C14H19BrN2O/c1-10(11-4-3-5-12(15)8-11)16-9-14(18)17(2)13-6-7-13/h3-5,8,10,13,16H,6-7,9H2,1-2H3/t10-/m0/s1. The summed E-state index contributed by atoms with van der Waals surface area (Å²) in [7, 11) is 1.89. The smallest absolute Gasteiger partial charge is 0.236 e. The van der Waals surface area contributed by atoms with E-state index < -0.39 is 0 Å². The molecule has 0 heterocycles. The monoisotopic (exact) mass is 310 g/mol. The number of nitrogens with one attached hydrogen (secondary N) is 1. The number of hydrogen-bond acceptors (Lipinski definition) is 2. The Hall–Kier alpha value is -0.870. The lowest BCUT2D eigenvalue weighted by atomic mass is 10.1. The minimum absolute atomic E-state index is 0.180. The quantitative estimate of drug-likeness (QED) is 0.907. The predicted octanol–water partition coefficient (Wildman–Crippen LogP) is 2.72. The largest absolute Gasteiger partial charge is 0.342 e. The second kappa shape index (κ2) is 5.85. The first kappa shape index (κ1) is 13.6. The van der Waals surface area contributed by atoms with Gasteiger partial charge < -0.3 is 10.2 Å². The SMILES string of the molecule is C[C@H](NCC(=O)N(C)C1CC1)c1cccc(Br)c1. The maximum atomic E-state index is 11.9. The molecule has 4 heteroatoms. The van der Waals surface area contributed by atoms with Crippen molar-refractivity contribution in [2.75, 3.05) is 13.6 Å². The van der Waals surface area contributed by atoms with E-state index in [1.54, 1.807) is 0 Å². The van der Waals surface area contributed by atoms with Crippen LogP contribution in [-0.4, -0.2) is 30.4 Å². The van der Waals surface area contributed by atoms with Crippen molar-refractivity contribution in [1.29, 1.82) is 0 Å². The van der Waals surface area contributed by atoms with Crippen LogP contribution < -0.4 is 5.32 Å². The van der Waals surface area contributed by atoms with Gasteiger partial charge >= 0.3 is 0 Å². The lowest BCUT2D eigenvalue weighted by Crippen LogP contribution is -2.37. The van der Waals surface area contributed by atoms with Crippen LogP contribution in [0, 0.1) is 0 Å². The van der Waals surface area contributed by atoms with Crippen LogP contribution >= 0.6 is 15.9 Å². The van der Waals surface area contributed by atoms with Crippen LogP contribution in [0.4, 0.5) is 0 Å². The Bertz CT molecular complexity index is 432. The normalized spacial score (nSPS) is 16.4. The van der Waals surface area contributed by atoms with Gasteiger partial charge in [-0.3, -0.25) is 4.79 Å². The van der Waals surface area contributed by atoms with Crippen LogP contribution in [0.5, 0.6) is 0 Å². The Labute approximate surface area is 117 Å². The van der Waals surface area contributed by atoms with Crippen molar-refractivity contribution >= 4 is 21.8 Å². The number of hydrogen-bond donors (Lipinski definition) is 1. The summed E-state index contributed by atoms with van der Waals surface area (Å²) in [5.41, 5.74) is 1.19. The second-order valence-corrected chi connectivity index (χ2v) is 5.81. The zero-order valence-electron chi connectivity index (χ0n) is 10.8. The number of halogens is 1. The molecule has 1 fully saturated rings. The highest BCUT2D eigenvalue weighted by molar-refractivity contribution is 9.10. The fourth-order valence-corrected chi connectivity index (χ4v) is 2.34. The highest BCUT2D eigenvalue weighted by Crippen LogP contribution is 2.25. The fourth-order valence-electron chi connectivity index (χ4n) is 1.92. The van der Waals surface area contributed by atoms with Crippen LogP contribution in [0.2, 0.25) is 0 Å². The Balaban J connectivity index is 1.84. The van der Waals surface area contributed by atoms with E-state index in [1.807, 2.05) is 24.1 Å². The van der Waals surface area contributed by atoms with Gasteiger partial charge in [-0.2, -0.15) is 0 Å². The van der Waals surface area contributed by atoms with E-state index in [2.05, 4.69) is 40.3 Å². The number of likely N-dealkylation sites (N-methyl/N-ethyl adjacent to an activating group) is 1. The van der Waals surface area contributed by atoms with Gasteiger partial charge in [-0.1, -0.05) is 28.1 Å². The van der Waals surface area contributed by atoms with Crippen LogP contribution in [-0.2, 0) is 4.79 Å². The van der Waals surface area contributed by atoms with Crippen molar-refractivity contribution in [3.8, 4) is 0 Å². The molecule has 0 aromatic heterocycles. The third-order valence-corrected chi connectivity index (χ3v) is 3.89. The van der Waals surface area contributed by atoms with Crippen LogP contribution in [0.25, 0.3) is 0 Å². The molecule has 1 aliphatic carbocycles. The lowest BCUT2D eigenvalue weighted by Gasteiger charge is -2.19. The molecule has 2 rings (SSSR count). The third kappa shape index (κ3) is 3.56. The number of benzene rings is 1. The Morgan fingerprint density at radius 1 is 1.56 bits per heavy atom.